The largest absolute Gasteiger partial charge is 0.370 e. The standard InChI is InChI=1S/C18H23N5O/c1-3-13-7-5-8-14(4-2)17(13)23-18(19)21-12-16(24)22-15-9-6-10-20-11-15/h5-11H,3-4,12H2,1-2H3,(H,22,24)(H3,19,21,23). The Morgan fingerprint density at radius 2 is 1.83 bits per heavy atom. The third kappa shape index (κ3) is 4.81. The van der Waals surface area contributed by atoms with E-state index in [1.807, 2.05) is 6.07 Å². The van der Waals surface area contributed by atoms with Crippen LogP contribution in [0.2, 0.25) is 0 Å². The molecule has 0 aliphatic heterocycles. The number of carbonyl (C=O) groups is 1. The van der Waals surface area contributed by atoms with Gasteiger partial charge in [-0.2, -0.15) is 0 Å². The van der Waals surface area contributed by atoms with Crippen molar-refractivity contribution in [3.05, 3.63) is 53.9 Å². The predicted molar refractivity (Wildman–Crippen MR) is 98.2 cm³/mol. The summed E-state index contributed by atoms with van der Waals surface area (Å²) in [6.45, 7) is 4.13. The molecule has 1 aromatic carbocycles. The minimum Gasteiger partial charge on any atom is -0.370 e. The molecule has 24 heavy (non-hydrogen) atoms. The van der Waals surface area contributed by atoms with Crippen LogP contribution in [0.1, 0.15) is 25.0 Å². The van der Waals surface area contributed by atoms with Crippen molar-refractivity contribution < 1.29 is 4.79 Å². The van der Waals surface area contributed by atoms with Crippen LogP contribution in [0.25, 0.3) is 0 Å². The molecule has 1 aromatic heterocycles. The van der Waals surface area contributed by atoms with Crippen molar-refractivity contribution >= 4 is 23.2 Å². The Morgan fingerprint density at radius 3 is 2.42 bits per heavy atom. The molecule has 0 radical (unpaired) electrons. The Hall–Kier alpha value is -2.89. The van der Waals surface area contributed by atoms with Gasteiger partial charge in [-0.15, -0.1) is 0 Å². The molecule has 0 unspecified atom stereocenters. The molecular formula is C18H23N5O. The van der Waals surface area contributed by atoms with Crippen molar-refractivity contribution in [2.45, 2.75) is 26.7 Å². The molecule has 126 valence electrons. The maximum atomic E-state index is 11.9. The molecule has 0 atom stereocenters. The van der Waals surface area contributed by atoms with Gasteiger partial charge >= 0.3 is 0 Å². The maximum absolute atomic E-state index is 11.9. The number of nitrogens with two attached hydrogens (primary N) is 1. The third-order valence-electron chi connectivity index (χ3n) is 3.59. The molecule has 2 rings (SSSR count). The van der Waals surface area contributed by atoms with Gasteiger partial charge in [0.15, 0.2) is 5.96 Å². The van der Waals surface area contributed by atoms with Gasteiger partial charge in [0.25, 0.3) is 0 Å². The highest BCUT2D eigenvalue weighted by molar-refractivity contribution is 5.97. The SMILES string of the molecule is CCc1cccc(CC)c1NC(N)=NCC(=O)Nc1cccnc1. The fourth-order valence-corrected chi connectivity index (χ4v) is 2.36. The zero-order chi connectivity index (χ0) is 17.4. The molecule has 0 aliphatic rings. The maximum Gasteiger partial charge on any atom is 0.246 e. The first-order valence-corrected chi connectivity index (χ1v) is 8.01. The van der Waals surface area contributed by atoms with E-state index in [1.54, 1.807) is 24.5 Å². The number of benzene rings is 1. The van der Waals surface area contributed by atoms with Gasteiger partial charge in [-0.05, 0) is 36.1 Å². The van der Waals surface area contributed by atoms with Crippen molar-refractivity contribution in [1.82, 2.24) is 4.98 Å². The number of hydrogen-bond acceptors (Lipinski definition) is 3. The normalized spacial score (nSPS) is 11.2. The van der Waals surface area contributed by atoms with E-state index in [-0.39, 0.29) is 18.4 Å². The van der Waals surface area contributed by atoms with Crippen LogP contribution in [-0.2, 0) is 17.6 Å². The topological polar surface area (TPSA) is 92.4 Å². The number of anilines is 2. The van der Waals surface area contributed by atoms with Gasteiger partial charge in [-0.3, -0.25) is 9.78 Å². The lowest BCUT2D eigenvalue weighted by Gasteiger charge is -2.14. The molecule has 1 amide bonds. The molecule has 0 saturated heterocycles. The first-order valence-electron chi connectivity index (χ1n) is 8.01. The van der Waals surface area contributed by atoms with Gasteiger partial charge < -0.3 is 16.4 Å². The van der Waals surface area contributed by atoms with Gasteiger partial charge in [0.2, 0.25) is 5.91 Å². The summed E-state index contributed by atoms with van der Waals surface area (Å²) in [6, 6.07) is 9.68. The summed E-state index contributed by atoms with van der Waals surface area (Å²) < 4.78 is 0. The summed E-state index contributed by atoms with van der Waals surface area (Å²) in [7, 11) is 0. The number of hydrogen-bond donors (Lipinski definition) is 3. The Balaban J connectivity index is 2.00. The van der Waals surface area contributed by atoms with E-state index in [2.05, 4.69) is 46.6 Å². The average Bonchev–Trinajstić information content (AvgIpc) is 2.61. The van der Waals surface area contributed by atoms with Crippen molar-refractivity contribution in [3.63, 3.8) is 0 Å². The van der Waals surface area contributed by atoms with E-state index in [1.165, 1.54) is 11.1 Å². The van der Waals surface area contributed by atoms with Crippen LogP contribution in [0.5, 0.6) is 0 Å². The molecule has 6 nitrogen and oxygen atoms in total. The highest BCUT2D eigenvalue weighted by Crippen LogP contribution is 2.22. The van der Waals surface area contributed by atoms with Gasteiger partial charge in [-0.25, -0.2) is 4.99 Å². The van der Waals surface area contributed by atoms with E-state index >= 15 is 0 Å². The first kappa shape index (κ1) is 17.5. The number of aliphatic imine (C=N–C) groups is 1. The number of amides is 1. The minimum absolute atomic E-state index is 0.0521. The monoisotopic (exact) mass is 325 g/mol. The molecule has 0 saturated carbocycles. The summed E-state index contributed by atoms with van der Waals surface area (Å²) >= 11 is 0. The number of aromatic nitrogens is 1. The molecule has 4 N–H and O–H groups in total. The van der Waals surface area contributed by atoms with E-state index in [0.29, 0.717) is 5.69 Å². The predicted octanol–water partition coefficient (Wildman–Crippen LogP) is 2.57. The Labute approximate surface area is 142 Å². The smallest absolute Gasteiger partial charge is 0.246 e. The van der Waals surface area contributed by atoms with E-state index in [4.69, 9.17) is 5.73 Å². The molecule has 0 fully saturated rings. The Morgan fingerprint density at radius 1 is 1.12 bits per heavy atom. The molecule has 0 spiro atoms. The number of aryl methyl sites for hydroxylation is 2. The Bertz CT molecular complexity index is 690. The average molecular weight is 325 g/mol. The van der Waals surface area contributed by atoms with Crippen molar-refractivity contribution in [3.8, 4) is 0 Å². The summed E-state index contributed by atoms with van der Waals surface area (Å²) in [5.74, 6) is -0.0146. The van der Waals surface area contributed by atoms with Crippen molar-refractivity contribution in [2.75, 3.05) is 17.2 Å². The van der Waals surface area contributed by atoms with Gasteiger partial charge in [0, 0.05) is 11.9 Å². The molecular weight excluding hydrogens is 302 g/mol. The number of carbonyl (C=O) groups excluding carboxylic acids is 1. The molecule has 0 aliphatic carbocycles. The first-order chi connectivity index (χ1) is 11.6. The number of pyridine rings is 1. The highest BCUT2D eigenvalue weighted by atomic mass is 16.1. The van der Waals surface area contributed by atoms with Crippen LogP contribution in [0.4, 0.5) is 11.4 Å². The molecule has 2 aromatic rings. The second-order valence-electron chi connectivity index (χ2n) is 5.27. The van der Waals surface area contributed by atoms with Gasteiger partial charge in [0.1, 0.15) is 6.54 Å². The fourth-order valence-electron chi connectivity index (χ4n) is 2.36. The van der Waals surface area contributed by atoms with Crippen LogP contribution in [0.3, 0.4) is 0 Å². The van der Waals surface area contributed by atoms with Crippen LogP contribution in [0, 0.1) is 0 Å². The van der Waals surface area contributed by atoms with E-state index < -0.39 is 0 Å². The lowest BCUT2D eigenvalue weighted by atomic mass is 10.0. The van der Waals surface area contributed by atoms with Crippen molar-refractivity contribution in [2.24, 2.45) is 10.7 Å². The number of nitrogens with one attached hydrogen (secondary N) is 2. The van der Waals surface area contributed by atoms with Gasteiger partial charge in [-0.1, -0.05) is 32.0 Å². The number of para-hydroxylation sites is 1. The number of rotatable bonds is 6. The second-order valence-corrected chi connectivity index (χ2v) is 5.27. The minimum atomic E-state index is -0.243. The van der Waals surface area contributed by atoms with Crippen LogP contribution < -0.4 is 16.4 Å². The lowest BCUT2D eigenvalue weighted by Crippen LogP contribution is -2.26. The molecule has 0 bridgehead atoms. The van der Waals surface area contributed by atoms with Crippen LogP contribution >= 0.6 is 0 Å². The lowest BCUT2D eigenvalue weighted by molar-refractivity contribution is -0.114. The summed E-state index contributed by atoms with van der Waals surface area (Å²) in [5.41, 5.74) is 9.90. The number of nitrogens with zero attached hydrogens (tertiary/aromatic N) is 2. The summed E-state index contributed by atoms with van der Waals surface area (Å²) in [6.07, 6.45) is 5.01. The zero-order valence-electron chi connectivity index (χ0n) is 14.0. The van der Waals surface area contributed by atoms with Crippen molar-refractivity contribution in [1.29, 1.82) is 0 Å². The second kappa shape index (κ2) is 8.67. The van der Waals surface area contributed by atoms with Gasteiger partial charge in [0.05, 0.1) is 11.9 Å². The zero-order valence-corrected chi connectivity index (χ0v) is 14.0. The van der Waals surface area contributed by atoms with E-state index in [0.717, 1.165) is 18.5 Å². The highest BCUT2D eigenvalue weighted by Gasteiger charge is 2.07. The molecule has 1 heterocycles. The fraction of sp³-hybridized carbons (Fsp3) is 0.278. The summed E-state index contributed by atoms with van der Waals surface area (Å²) in [4.78, 5) is 19.9. The Kier molecular flexibility index (Phi) is 6.31. The summed E-state index contributed by atoms with van der Waals surface area (Å²) in [5, 5.41) is 5.85. The third-order valence-corrected chi connectivity index (χ3v) is 3.59. The van der Waals surface area contributed by atoms with Crippen LogP contribution in [-0.4, -0.2) is 23.4 Å². The van der Waals surface area contributed by atoms with Crippen LogP contribution in [0.15, 0.2) is 47.7 Å². The molecule has 6 heteroatoms. The quantitative estimate of drug-likeness (QED) is 0.562. The number of guanidine groups is 1. The van der Waals surface area contributed by atoms with E-state index in [9.17, 15) is 4.79 Å².